The highest BCUT2D eigenvalue weighted by Gasteiger charge is 2.15. The van der Waals surface area contributed by atoms with E-state index in [1.54, 1.807) is 36.5 Å². The molecule has 0 atom stereocenters. The van der Waals surface area contributed by atoms with Crippen LogP contribution in [-0.2, 0) is 6.54 Å². The third-order valence-corrected chi connectivity index (χ3v) is 4.28. The number of carbonyl (C=O) groups is 1. The average molecular weight is 357 g/mol. The molecule has 0 aliphatic carbocycles. The van der Waals surface area contributed by atoms with Crippen LogP contribution in [0.2, 0.25) is 5.02 Å². The molecule has 1 heterocycles. The summed E-state index contributed by atoms with van der Waals surface area (Å²) in [4.78, 5) is 25.3. The molecular weight excluding hydrogens is 340 g/mol. The lowest BCUT2D eigenvalue weighted by Crippen LogP contribution is -2.23. The van der Waals surface area contributed by atoms with Gasteiger partial charge in [-0.15, -0.1) is 0 Å². The maximum absolute atomic E-state index is 12.7. The Labute approximate surface area is 149 Å². The van der Waals surface area contributed by atoms with Gasteiger partial charge in [0.15, 0.2) is 0 Å². The first-order valence-electron chi connectivity index (χ1n) is 7.82. The first kappa shape index (κ1) is 17.0. The number of anilines is 1. The minimum Gasteiger partial charge on any atom is -0.495 e. The fourth-order valence-corrected chi connectivity index (χ4v) is 2.97. The number of carbonyl (C=O) groups excluding carboxylic acids is 1. The topological polar surface area (TPSA) is 60.3 Å². The minimum absolute atomic E-state index is 0.0903. The van der Waals surface area contributed by atoms with Gasteiger partial charge in [0.05, 0.1) is 17.6 Å². The van der Waals surface area contributed by atoms with Crippen molar-refractivity contribution in [3.8, 4) is 5.75 Å². The molecule has 128 valence electrons. The van der Waals surface area contributed by atoms with Gasteiger partial charge in [0.25, 0.3) is 5.91 Å². The predicted molar refractivity (Wildman–Crippen MR) is 99.8 cm³/mol. The molecule has 1 aromatic heterocycles. The molecule has 25 heavy (non-hydrogen) atoms. The van der Waals surface area contributed by atoms with Gasteiger partial charge in [-0.1, -0.05) is 23.7 Å². The number of hydrogen-bond donors (Lipinski definition) is 1. The van der Waals surface area contributed by atoms with Crippen LogP contribution in [-0.4, -0.2) is 17.6 Å². The molecule has 2 aromatic carbocycles. The SMILES string of the molecule is CCn1cc(C(=O)Nc2ccc(OC)c(Cl)c2)c(=O)c2ccccc21. The van der Waals surface area contributed by atoms with Crippen molar-refractivity contribution in [2.45, 2.75) is 13.5 Å². The number of nitrogens with one attached hydrogen (secondary N) is 1. The quantitative estimate of drug-likeness (QED) is 0.770. The number of methoxy groups -OCH3 is 1. The maximum atomic E-state index is 12.7. The Morgan fingerprint density at radius 1 is 1.24 bits per heavy atom. The number of hydrogen-bond acceptors (Lipinski definition) is 3. The molecule has 0 aliphatic rings. The van der Waals surface area contributed by atoms with Gasteiger partial charge in [0, 0.05) is 23.8 Å². The number of amides is 1. The Bertz CT molecular complexity index is 1010. The van der Waals surface area contributed by atoms with E-state index < -0.39 is 5.91 Å². The number of ether oxygens (including phenoxy) is 1. The minimum atomic E-state index is -0.473. The lowest BCUT2D eigenvalue weighted by molar-refractivity contribution is 0.102. The van der Waals surface area contributed by atoms with E-state index >= 15 is 0 Å². The Morgan fingerprint density at radius 3 is 2.68 bits per heavy atom. The van der Waals surface area contributed by atoms with Gasteiger partial charge in [-0.25, -0.2) is 0 Å². The van der Waals surface area contributed by atoms with Crippen molar-refractivity contribution in [1.29, 1.82) is 0 Å². The molecule has 0 unspecified atom stereocenters. The Kier molecular flexibility index (Phi) is 4.76. The van der Waals surface area contributed by atoms with Crippen molar-refractivity contribution >= 4 is 34.1 Å². The Balaban J connectivity index is 2.01. The fraction of sp³-hybridized carbons (Fsp3) is 0.158. The van der Waals surface area contributed by atoms with Crippen LogP contribution in [0.15, 0.2) is 53.5 Å². The van der Waals surface area contributed by atoms with E-state index in [0.717, 1.165) is 5.52 Å². The second-order valence-electron chi connectivity index (χ2n) is 5.48. The number of pyridine rings is 1. The molecule has 3 rings (SSSR count). The predicted octanol–water partition coefficient (Wildman–Crippen LogP) is 3.94. The van der Waals surface area contributed by atoms with Crippen LogP contribution in [0.25, 0.3) is 10.9 Å². The lowest BCUT2D eigenvalue weighted by Gasteiger charge is -2.12. The Morgan fingerprint density at radius 2 is 2.00 bits per heavy atom. The molecule has 0 saturated heterocycles. The zero-order valence-corrected chi connectivity index (χ0v) is 14.6. The van der Waals surface area contributed by atoms with E-state index in [9.17, 15) is 9.59 Å². The van der Waals surface area contributed by atoms with Gasteiger partial charge >= 0.3 is 0 Å². The molecule has 0 aliphatic heterocycles. The molecule has 1 N–H and O–H groups in total. The van der Waals surface area contributed by atoms with Crippen LogP contribution in [0.3, 0.4) is 0 Å². The summed E-state index contributed by atoms with van der Waals surface area (Å²) < 4.78 is 6.97. The van der Waals surface area contributed by atoms with E-state index in [4.69, 9.17) is 16.3 Å². The van der Waals surface area contributed by atoms with Crippen LogP contribution >= 0.6 is 11.6 Å². The molecular formula is C19H17ClN2O3. The molecule has 0 bridgehead atoms. The van der Waals surface area contributed by atoms with Crippen molar-refractivity contribution < 1.29 is 9.53 Å². The summed E-state index contributed by atoms with van der Waals surface area (Å²) in [6, 6.07) is 12.2. The molecule has 5 nitrogen and oxygen atoms in total. The second kappa shape index (κ2) is 6.99. The third kappa shape index (κ3) is 3.23. The zero-order chi connectivity index (χ0) is 18.0. The van der Waals surface area contributed by atoms with Crippen LogP contribution in [0, 0.1) is 0 Å². The van der Waals surface area contributed by atoms with Crippen LogP contribution < -0.4 is 15.5 Å². The molecule has 3 aromatic rings. The van der Waals surface area contributed by atoms with Crippen LogP contribution in [0.4, 0.5) is 5.69 Å². The van der Waals surface area contributed by atoms with E-state index in [-0.39, 0.29) is 11.0 Å². The number of rotatable bonds is 4. The van der Waals surface area contributed by atoms with E-state index in [2.05, 4.69) is 5.32 Å². The third-order valence-electron chi connectivity index (χ3n) is 3.98. The molecule has 0 radical (unpaired) electrons. The molecule has 0 saturated carbocycles. The lowest BCUT2D eigenvalue weighted by atomic mass is 10.1. The van der Waals surface area contributed by atoms with E-state index in [1.807, 2.05) is 23.6 Å². The summed E-state index contributed by atoms with van der Waals surface area (Å²) in [7, 11) is 1.52. The molecule has 6 heteroatoms. The molecule has 1 amide bonds. The number of para-hydroxylation sites is 1. The second-order valence-corrected chi connectivity index (χ2v) is 5.89. The van der Waals surface area contributed by atoms with Crippen LogP contribution in [0.5, 0.6) is 5.75 Å². The average Bonchev–Trinajstić information content (AvgIpc) is 2.62. The molecule has 0 spiro atoms. The summed E-state index contributed by atoms with van der Waals surface area (Å²) >= 11 is 6.07. The highest BCUT2D eigenvalue weighted by molar-refractivity contribution is 6.32. The first-order chi connectivity index (χ1) is 12.0. The standard InChI is InChI=1S/C19H17ClN2O3/c1-3-22-11-14(18(23)13-6-4-5-7-16(13)22)19(24)21-12-8-9-17(25-2)15(20)10-12/h4-11H,3H2,1-2H3,(H,21,24). The summed E-state index contributed by atoms with van der Waals surface area (Å²) in [5.74, 6) is 0.0397. The largest absolute Gasteiger partial charge is 0.495 e. The van der Waals surface area contributed by atoms with Crippen molar-refractivity contribution in [3.63, 3.8) is 0 Å². The zero-order valence-electron chi connectivity index (χ0n) is 13.9. The summed E-state index contributed by atoms with van der Waals surface area (Å²) in [5.41, 5.74) is 1.09. The summed E-state index contributed by atoms with van der Waals surface area (Å²) in [6.45, 7) is 2.61. The van der Waals surface area contributed by atoms with Gasteiger partial charge in [-0.05, 0) is 37.3 Å². The number of nitrogens with zero attached hydrogens (tertiary/aromatic N) is 1. The number of aryl methyl sites for hydroxylation is 1. The molecule has 0 fully saturated rings. The smallest absolute Gasteiger partial charge is 0.261 e. The number of halogens is 1. The summed E-state index contributed by atoms with van der Waals surface area (Å²) in [5, 5.41) is 3.61. The van der Waals surface area contributed by atoms with Crippen molar-refractivity contribution in [3.05, 3.63) is 69.5 Å². The maximum Gasteiger partial charge on any atom is 0.261 e. The first-order valence-corrected chi connectivity index (χ1v) is 8.20. The number of fused-ring (bicyclic) bond motifs is 1. The summed E-state index contributed by atoms with van der Waals surface area (Å²) in [6.07, 6.45) is 1.59. The Hall–Kier alpha value is -2.79. The van der Waals surface area contributed by atoms with E-state index in [1.165, 1.54) is 7.11 Å². The van der Waals surface area contributed by atoms with Gasteiger partial charge < -0.3 is 14.6 Å². The number of aromatic nitrogens is 1. The monoisotopic (exact) mass is 356 g/mol. The van der Waals surface area contributed by atoms with Crippen molar-refractivity contribution in [2.24, 2.45) is 0 Å². The number of benzene rings is 2. The van der Waals surface area contributed by atoms with Gasteiger partial charge in [0.1, 0.15) is 11.3 Å². The normalized spacial score (nSPS) is 10.7. The van der Waals surface area contributed by atoms with Gasteiger partial charge in [-0.2, -0.15) is 0 Å². The highest BCUT2D eigenvalue weighted by atomic mass is 35.5. The van der Waals surface area contributed by atoms with Crippen molar-refractivity contribution in [2.75, 3.05) is 12.4 Å². The highest BCUT2D eigenvalue weighted by Crippen LogP contribution is 2.27. The van der Waals surface area contributed by atoms with Crippen LogP contribution in [0.1, 0.15) is 17.3 Å². The van der Waals surface area contributed by atoms with Crippen molar-refractivity contribution in [1.82, 2.24) is 4.57 Å². The fourth-order valence-electron chi connectivity index (χ4n) is 2.71. The van der Waals surface area contributed by atoms with E-state index in [0.29, 0.717) is 28.4 Å². The van der Waals surface area contributed by atoms with Gasteiger partial charge in [0.2, 0.25) is 5.43 Å². The van der Waals surface area contributed by atoms with Gasteiger partial charge in [-0.3, -0.25) is 9.59 Å².